The summed E-state index contributed by atoms with van der Waals surface area (Å²) in [6.07, 6.45) is 6.09. The molecule has 0 radical (unpaired) electrons. The average Bonchev–Trinajstić information content (AvgIpc) is 2.97. The van der Waals surface area contributed by atoms with E-state index in [9.17, 15) is 9.59 Å². The maximum atomic E-state index is 12.5. The Morgan fingerprint density at radius 3 is 2.57 bits per heavy atom. The lowest BCUT2D eigenvalue weighted by Gasteiger charge is -2.44. The van der Waals surface area contributed by atoms with E-state index in [0.29, 0.717) is 6.54 Å². The van der Waals surface area contributed by atoms with Gasteiger partial charge < -0.3 is 14.4 Å². The van der Waals surface area contributed by atoms with Crippen molar-refractivity contribution in [2.75, 3.05) is 18.8 Å². The van der Waals surface area contributed by atoms with Crippen molar-refractivity contribution in [2.45, 2.75) is 36.9 Å². The van der Waals surface area contributed by atoms with Crippen molar-refractivity contribution in [1.82, 2.24) is 4.90 Å². The molecule has 21 heavy (non-hydrogen) atoms. The van der Waals surface area contributed by atoms with Crippen LogP contribution in [0.5, 0.6) is 0 Å². The minimum Gasteiger partial charge on any atom is -0.475 e. The molecule has 6 heteroatoms. The number of amides is 1. The molecule has 1 spiro atoms. The van der Waals surface area contributed by atoms with Crippen molar-refractivity contribution in [3.63, 3.8) is 0 Å². The van der Waals surface area contributed by atoms with Gasteiger partial charge in [0, 0.05) is 23.6 Å². The molecule has 114 valence electrons. The lowest BCUT2D eigenvalue weighted by Crippen LogP contribution is -2.49. The van der Waals surface area contributed by atoms with E-state index >= 15 is 0 Å². The molecule has 1 saturated carbocycles. The van der Waals surface area contributed by atoms with Crippen LogP contribution in [0.3, 0.4) is 0 Å². The Morgan fingerprint density at radius 1 is 1.19 bits per heavy atom. The number of thioether (sulfide) groups is 1. The second-order valence-electron chi connectivity index (χ2n) is 5.79. The van der Waals surface area contributed by atoms with Gasteiger partial charge in [0.2, 0.25) is 5.76 Å². The van der Waals surface area contributed by atoms with Crippen molar-refractivity contribution < 1.29 is 19.1 Å². The molecule has 2 fully saturated rings. The predicted molar refractivity (Wildman–Crippen MR) is 79.8 cm³/mol. The SMILES string of the molecule is O=C(O)c1ccc(C(=O)N2CCSC3(CCCCC3)C2)o1. The highest BCUT2D eigenvalue weighted by Gasteiger charge is 2.39. The maximum absolute atomic E-state index is 12.5. The van der Waals surface area contributed by atoms with Gasteiger partial charge in [0.1, 0.15) is 0 Å². The molecule has 1 amide bonds. The predicted octanol–water partition coefficient (Wildman–Crippen LogP) is 2.87. The highest BCUT2D eigenvalue weighted by atomic mass is 32.2. The molecule has 1 aliphatic heterocycles. The zero-order valence-electron chi connectivity index (χ0n) is 11.8. The van der Waals surface area contributed by atoms with Gasteiger partial charge in [-0.05, 0) is 25.0 Å². The summed E-state index contributed by atoms with van der Waals surface area (Å²) in [4.78, 5) is 25.2. The van der Waals surface area contributed by atoms with Gasteiger partial charge in [-0.3, -0.25) is 4.79 Å². The second kappa shape index (κ2) is 5.75. The number of furan rings is 1. The maximum Gasteiger partial charge on any atom is 0.371 e. The first-order valence-electron chi connectivity index (χ1n) is 7.36. The third-order valence-electron chi connectivity index (χ3n) is 4.33. The molecule has 1 saturated heterocycles. The first-order valence-corrected chi connectivity index (χ1v) is 8.35. The Kier molecular flexibility index (Phi) is 3.97. The lowest BCUT2D eigenvalue weighted by molar-refractivity contribution is 0.0644. The number of aromatic carboxylic acids is 1. The molecular formula is C15H19NO4S. The van der Waals surface area contributed by atoms with Gasteiger partial charge in [0.15, 0.2) is 5.76 Å². The molecule has 5 nitrogen and oxygen atoms in total. The van der Waals surface area contributed by atoms with Crippen LogP contribution in [0.2, 0.25) is 0 Å². The highest BCUT2D eigenvalue weighted by molar-refractivity contribution is 8.00. The number of nitrogens with zero attached hydrogens (tertiary/aromatic N) is 1. The molecule has 0 aromatic carbocycles. The van der Waals surface area contributed by atoms with Crippen LogP contribution in [-0.2, 0) is 0 Å². The van der Waals surface area contributed by atoms with E-state index < -0.39 is 5.97 Å². The summed E-state index contributed by atoms with van der Waals surface area (Å²) in [5, 5.41) is 8.87. The number of hydrogen-bond acceptors (Lipinski definition) is 4. The van der Waals surface area contributed by atoms with Gasteiger partial charge in [0.25, 0.3) is 5.91 Å². The zero-order chi connectivity index (χ0) is 14.9. The Balaban J connectivity index is 1.73. The van der Waals surface area contributed by atoms with Gasteiger partial charge in [-0.2, -0.15) is 11.8 Å². The first-order chi connectivity index (χ1) is 10.1. The van der Waals surface area contributed by atoms with E-state index in [-0.39, 0.29) is 22.2 Å². The van der Waals surface area contributed by atoms with Crippen LogP contribution in [-0.4, -0.2) is 45.5 Å². The van der Waals surface area contributed by atoms with Gasteiger partial charge in [-0.25, -0.2) is 4.79 Å². The van der Waals surface area contributed by atoms with Crippen molar-refractivity contribution >= 4 is 23.6 Å². The Bertz CT molecular complexity index is 542. The minimum atomic E-state index is -1.15. The number of carboxylic acid groups (broad SMARTS) is 1. The van der Waals surface area contributed by atoms with Gasteiger partial charge in [-0.15, -0.1) is 0 Å². The number of carbonyl (C=O) groups excluding carboxylic acids is 1. The summed E-state index contributed by atoms with van der Waals surface area (Å²) in [5.74, 6) is -0.444. The van der Waals surface area contributed by atoms with Crippen LogP contribution in [0.15, 0.2) is 16.5 Å². The molecule has 1 aromatic rings. The third kappa shape index (κ3) is 2.95. The fourth-order valence-corrected chi connectivity index (χ4v) is 4.81. The van der Waals surface area contributed by atoms with Crippen LogP contribution < -0.4 is 0 Å². The molecule has 0 unspecified atom stereocenters. The monoisotopic (exact) mass is 309 g/mol. The second-order valence-corrected chi connectivity index (χ2v) is 7.35. The smallest absolute Gasteiger partial charge is 0.371 e. The summed E-state index contributed by atoms with van der Waals surface area (Å²) >= 11 is 1.99. The van der Waals surface area contributed by atoms with Gasteiger partial charge in [-0.1, -0.05) is 19.3 Å². The molecule has 1 aromatic heterocycles. The molecule has 2 aliphatic rings. The van der Waals surface area contributed by atoms with Crippen LogP contribution >= 0.6 is 11.8 Å². The molecule has 1 N–H and O–H groups in total. The van der Waals surface area contributed by atoms with E-state index in [2.05, 4.69) is 0 Å². The van der Waals surface area contributed by atoms with E-state index in [1.807, 2.05) is 16.7 Å². The van der Waals surface area contributed by atoms with Crippen LogP contribution in [0, 0.1) is 0 Å². The zero-order valence-corrected chi connectivity index (χ0v) is 12.7. The lowest BCUT2D eigenvalue weighted by atomic mass is 9.87. The molecule has 2 heterocycles. The first kappa shape index (κ1) is 14.5. The number of hydrogen-bond donors (Lipinski definition) is 1. The van der Waals surface area contributed by atoms with Gasteiger partial charge >= 0.3 is 5.97 Å². The quantitative estimate of drug-likeness (QED) is 0.909. The highest BCUT2D eigenvalue weighted by Crippen LogP contribution is 2.43. The summed E-state index contributed by atoms with van der Waals surface area (Å²) in [7, 11) is 0. The summed E-state index contributed by atoms with van der Waals surface area (Å²) < 4.78 is 5.34. The number of rotatable bonds is 2. The Morgan fingerprint density at radius 2 is 1.90 bits per heavy atom. The molecule has 1 aliphatic carbocycles. The standard InChI is InChI=1S/C15H19NO4S/c17-13(11-4-5-12(20-11)14(18)19)16-8-9-21-15(10-16)6-2-1-3-7-15/h4-5H,1-3,6-10H2,(H,18,19). The number of carboxylic acids is 1. The molecular weight excluding hydrogens is 290 g/mol. The third-order valence-corrected chi connectivity index (χ3v) is 5.86. The fourth-order valence-electron chi connectivity index (χ4n) is 3.24. The van der Waals surface area contributed by atoms with Crippen molar-refractivity contribution in [2.24, 2.45) is 0 Å². The van der Waals surface area contributed by atoms with E-state index in [4.69, 9.17) is 9.52 Å². The topological polar surface area (TPSA) is 70.8 Å². The van der Waals surface area contributed by atoms with Crippen LogP contribution in [0.1, 0.15) is 53.2 Å². The van der Waals surface area contributed by atoms with Crippen LogP contribution in [0.4, 0.5) is 0 Å². The molecule has 3 rings (SSSR count). The normalized spacial score (nSPS) is 21.4. The van der Waals surface area contributed by atoms with Crippen LogP contribution in [0.25, 0.3) is 0 Å². The summed E-state index contributed by atoms with van der Waals surface area (Å²) in [5.41, 5.74) is 0. The summed E-state index contributed by atoms with van der Waals surface area (Å²) in [6.45, 7) is 1.45. The van der Waals surface area contributed by atoms with Gasteiger partial charge in [0.05, 0.1) is 0 Å². The van der Waals surface area contributed by atoms with E-state index in [1.165, 1.54) is 44.2 Å². The average molecular weight is 309 g/mol. The Hall–Kier alpha value is -1.43. The molecule has 0 bridgehead atoms. The van der Waals surface area contributed by atoms with Crippen molar-refractivity contribution in [3.8, 4) is 0 Å². The Labute approximate surface area is 127 Å². The minimum absolute atomic E-state index is 0.130. The fraction of sp³-hybridized carbons (Fsp3) is 0.600. The van der Waals surface area contributed by atoms with E-state index in [1.54, 1.807) is 0 Å². The summed E-state index contributed by atoms with van der Waals surface area (Å²) in [6, 6.07) is 2.80. The number of carbonyl (C=O) groups is 2. The molecule has 0 atom stereocenters. The largest absolute Gasteiger partial charge is 0.475 e. The van der Waals surface area contributed by atoms with Crippen molar-refractivity contribution in [1.29, 1.82) is 0 Å². The van der Waals surface area contributed by atoms with Crippen molar-refractivity contribution in [3.05, 3.63) is 23.7 Å². The van der Waals surface area contributed by atoms with E-state index in [0.717, 1.165) is 12.3 Å².